The van der Waals surface area contributed by atoms with Gasteiger partial charge in [0.25, 0.3) is 5.91 Å². The van der Waals surface area contributed by atoms with Crippen LogP contribution in [0.2, 0.25) is 0 Å². The van der Waals surface area contributed by atoms with Gasteiger partial charge in [0, 0.05) is 30.9 Å². The normalized spacial score (nSPS) is 14.8. The second-order valence-corrected chi connectivity index (χ2v) is 11.2. The molecule has 0 aromatic heterocycles. The Kier molecular flexibility index (Phi) is 11.8. The van der Waals surface area contributed by atoms with Crippen molar-refractivity contribution < 1.29 is 14.3 Å². The van der Waals surface area contributed by atoms with Gasteiger partial charge >= 0.3 is 0 Å². The van der Waals surface area contributed by atoms with E-state index >= 15 is 0 Å². The Bertz CT molecular complexity index is 1250. The zero-order valence-electron chi connectivity index (χ0n) is 24.9. The summed E-state index contributed by atoms with van der Waals surface area (Å²) in [5, 5.41) is 0. The first-order valence-electron chi connectivity index (χ1n) is 15.5. The first kappa shape index (κ1) is 30.4. The van der Waals surface area contributed by atoms with Crippen LogP contribution in [0.5, 0.6) is 5.75 Å². The van der Waals surface area contributed by atoms with Crippen LogP contribution < -0.4 is 9.64 Å². The molecule has 0 aliphatic carbocycles. The molecule has 0 saturated heterocycles. The molecule has 0 N–H and O–H groups in total. The van der Waals surface area contributed by atoms with Gasteiger partial charge in [-0.1, -0.05) is 87.9 Å². The quantitative estimate of drug-likeness (QED) is 0.265. The fourth-order valence-corrected chi connectivity index (χ4v) is 5.65. The van der Waals surface area contributed by atoms with Crippen LogP contribution in [0.15, 0.2) is 72.8 Å². The third-order valence-electron chi connectivity index (χ3n) is 8.05. The van der Waals surface area contributed by atoms with Crippen LogP contribution in [0.4, 0.5) is 5.69 Å². The van der Waals surface area contributed by atoms with Gasteiger partial charge in [0.15, 0.2) is 0 Å². The van der Waals surface area contributed by atoms with Crippen molar-refractivity contribution in [3.05, 3.63) is 95.1 Å². The molecule has 3 aromatic rings. The summed E-state index contributed by atoms with van der Waals surface area (Å²) in [4.78, 5) is 31.5. The Hall–Kier alpha value is -3.60. The minimum Gasteiger partial charge on any atom is -0.497 e. The number of hydrogen-bond donors (Lipinski definition) is 0. The number of carbonyl (C=O) groups excluding carboxylic acids is 2. The van der Waals surface area contributed by atoms with Crippen molar-refractivity contribution in [1.29, 1.82) is 0 Å². The van der Waals surface area contributed by atoms with Crippen LogP contribution in [0, 0.1) is 0 Å². The van der Waals surface area contributed by atoms with E-state index in [0.29, 0.717) is 26.1 Å². The number of carbonyl (C=O) groups is 2. The molecule has 1 aliphatic rings. The van der Waals surface area contributed by atoms with Crippen LogP contribution in [0.1, 0.15) is 91.8 Å². The smallest absolute Gasteiger partial charge is 0.254 e. The highest BCUT2D eigenvalue weighted by molar-refractivity contribution is 5.96. The molecule has 0 fully saturated rings. The fraction of sp³-hybridized carbons (Fsp3) is 0.444. The highest BCUT2D eigenvalue weighted by Crippen LogP contribution is 2.26. The average Bonchev–Trinajstić information content (AvgIpc) is 3.02. The number of rotatable bonds is 8. The SMILES string of the molecule is CCCCCc1ccc(C(=O)N2CCCCCCCCN(C(=O)Cc3cccc(OC)c3)c3ccccc3C2)cc1. The summed E-state index contributed by atoms with van der Waals surface area (Å²) in [5.74, 6) is 0.880. The summed E-state index contributed by atoms with van der Waals surface area (Å²) in [6, 6.07) is 24.0. The van der Waals surface area contributed by atoms with E-state index in [4.69, 9.17) is 4.74 Å². The zero-order valence-corrected chi connectivity index (χ0v) is 24.9. The molecular formula is C36H46N2O3. The highest BCUT2D eigenvalue weighted by Gasteiger charge is 2.23. The van der Waals surface area contributed by atoms with Crippen LogP contribution in [0.25, 0.3) is 0 Å². The number of para-hydroxylation sites is 1. The van der Waals surface area contributed by atoms with E-state index in [9.17, 15) is 9.59 Å². The topological polar surface area (TPSA) is 49.9 Å². The molecule has 0 radical (unpaired) electrons. The van der Waals surface area contributed by atoms with Crippen molar-refractivity contribution >= 4 is 17.5 Å². The Morgan fingerprint density at radius 2 is 1.51 bits per heavy atom. The molecule has 4 rings (SSSR count). The van der Waals surface area contributed by atoms with Crippen LogP contribution in [-0.4, -0.2) is 36.9 Å². The van der Waals surface area contributed by atoms with E-state index in [1.54, 1.807) is 7.11 Å². The largest absolute Gasteiger partial charge is 0.497 e. The van der Waals surface area contributed by atoms with E-state index in [0.717, 1.165) is 73.1 Å². The summed E-state index contributed by atoms with van der Waals surface area (Å²) < 4.78 is 5.38. The molecular weight excluding hydrogens is 508 g/mol. The van der Waals surface area contributed by atoms with Gasteiger partial charge in [0.1, 0.15) is 5.75 Å². The maximum Gasteiger partial charge on any atom is 0.254 e. The Morgan fingerprint density at radius 3 is 2.27 bits per heavy atom. The van der Waals surface area contributed by atoms with Crippen molar-refractivity contribution in [2.45, 2.75) is 84.1 Å². The lowest BCUT2D eigenvalue weighted by molar-refractivity contribution is -0.118. The molecule has 218 valence electrons. The molecule has 1 heterocycles. The van der Waals surface area contributed by atoms with Gasteiger partial charge in [-0.25, -0.2) is 0 Å². The molecule has 0 atom stereocenters. The highest BCUT2D eigenvalue weighted by atomic mass is 16.5. The Morgan fingerprint density at radius 1 is 0.780 bits per heavy atom. The van der Waals surface area contributed by atoms with Gasteiger partial charge in [-0.3, -0.25) is 9.59 Å². The van der Waals surface area contributed by atoms with Crippen molar-refractivity contribution in [2.24, 2.45) is 0 Å². The molecule has 41 heavy (non-hydrogen) atoms. The minimum atomic E-state index is 0.0593. The number of benzene rings is 3. The number of anilines is 1. The van der Waals surface area contributed by atoms with Crippen molar-refractivity contribution in [3.8, 4) is 5.75 Å². The number of hydrogen-bond acceptors (Lipinski definition) is 3. The average molecular weight is 555 g/mol. The molecule has 1 aliphatic heterocycles. The second kappa shape index (κ2) is 16.0. The monoisotopic (exact) mass is 554 g/mol. The van der Waals surface area contributed by atoms with Gasteiger partial charge in [-0.15, -0.1) is 0 Å². The maximum absolute atomic E-state index is 13.8. The van der Waals surface area contributed by atoms with Crippen molar-refractivity contribution in [3.63, 3.8) is 0 Å². The number of nitrogens with zero attached hydrogens (tertiary/aromatic N) is 2. The van der Waals surface area contributed by atoms with E-state index < -0.39 is 0 Å². The lowest BCUT2D eigenvalue weighted by Crippen LogP contribution is -2.36. The molecule has 0 bridgehead atoms. The van der Waals surface area contributed by atoms with Gasteiger partial charge in [0.2, 0.25) is 5.91 Å². The summed E-state index contributed by atoms with van der Waals surface area (Å²) >= 11 is 0. The first-order valence-corrected chi connectivity index (χ1v) is 15.5. The number of aryl methyl sites for hydroxylation is 1. The first-order chi connectivity index (χ1) is 20.1. The molecule has 0 spiro atoms. The number of fused-ring (bicyclic) bond motifs is 1. The summed E-state index contributed by atoms with van der Waals surface area (Å²) in [6.07, 6.45) is 11.4. The molecule has 2 amide bonds. The molecule has 0 saturated carbocycles. The minimum absolute atomic E-state index is 0.0593. The predicted molar refractivity (Wildman–Crippen MR) is 168 cm³/mol. The van der Waals surface area contributed by atoms with Crippen molar-refractivity contribution in [2.75, 3.05) is 25.1 Å². The Labute approximate surface area is 246 Å². The van der Waals surface area contributed by atoms with Crippen molar-refractivity contribution in [1.82, 2.24) is 4.90 Å². The van der Waals surface area contributed by atoms with Crippen LogP contribution in [-0.2, 0) is 24.2 Å². The van der Waals surface area contributed by atoms with E-state index in [1.165, 1.54) is 24.8 Å². The molecule has 0 unspecified atom stereocenters. The van der Waals surface area contributed by atoms with Gasteiger partial charge in [-0.2, -0.15) is 0 Å². The lowest BCUT2D eigenvalue weighted by atomic mass is 10.0. The summed E-state index contributed by atoms with van der Waals surface area (Å²) in [5.41, 5.74) is 4.87. The third-order valence-corrected chi connectivity index (χ3v) is 8.05. The number of methoxy groups -OCH3 is 1. The lowest BCUT2D eigenvalue weighted by Gasteiger charge is -2.29. The maximum atomic E-state index is 13.8. The molecule has 3 aromatic carbocycles. The van der Waals surface area contributed by atoms with E-state index in [2.05, 4.69) is 25.1 Å². The van der Waals surface area contributed by atoms with E-state index in [-0.39, 0.29) is 11.8 Å². The zero-order chi connectivity index (χ0) is 28.9. The van der Waals surface area contributed by atoms with E-state index in [1.807, 2.05) is 64.4 Å². The molecule has 5 heteroatoms. The predicted octanol–water partition coefficient (Wildman–Crippen LogP) is 8.00. The third kappa shape index (κ3) is 8.94. The van der Waals surface area contributed by atoms with Gasteiger partial charge in [0.05, 0.1) is 13.5 Å². The number of ether oxygens (including phenoxy) is 1. The fourth-order valence-electron chi connectivity index (χ4n) is 5.65. The summed E-state index contributed by atoms with van der Waals surface area (Å²) in [6.45, 7) is 4.08. The van der Waals surface area contributed by atoms with Crippen LogP contribution >= 0.6 is 0 Å². The van der Waals surface area contributed by atoms with Crippen LogP contribution in [0.3, 0.4) is 0 Å². The second-order valence-electron chi connectivity index (χ2n) is 11.2. The standard InChI is InChI=1S/C36H46N2O3/c1-3-4-9-15-29-20-22-31(23-21-29)36(40)37-24-12-7-5-6-8-13-25-38(34-19-11-10-17-32(34)28-37)35(39)27-30-16-14-18-33(26-30)41-2/h10-11,14,16-23,26H,3-9,12-13,15,24-25,27-28H2,1-2H3. The van der Waals surface area contributed by atoms with Gasteiger partial charge < -0.3 is 14.5 Å². The number of amides is 2. The Balaban J connectivity index is 1.58. The number of unbranched alkanes of at least 4 members (excludes halogenated alkanes) is 2. The summed E-state index contributed by atoms with van der Waals surface area (Å²) in [7, 11) is 1.64. The van der Waals surface area contributed by atoms with Gasteiger partial charge in [-0.05, 0) is 72.7 Å². The molecule has 5 nitrogen and oxygen atoms in total.